The van der Waals surface area contributed by atoms with E-state index in [2.05, 4.69) is 0 Å². The van der Waals surface area contributed by atoms with E-state index in [0.29, 0.717) is 11.1 Å². The normalized spacial score (nSPS) is 22.0. The Kier molecular flexibility index (Phi) is 4.65. The molecule has 6 heteroatoms. The average Bonchev–Trinajstić information content (AvgIpc) is 2.46. The maximum absolute atomic E-state index is 12.9. The quantitative estimate of drug-likeness (QED) is 0.775. The summed E-state index contributed by atoms with van der Waals surface area (Å²) in [6.45, 7) is 1.62. The molecule has 1 aliphatic rings. The summed E-state index contributed by atoms with van der Waals surface area (Å²) in [5.74, 6) is -2.84. The molecule has 122 valence electrons. The Labute approximate surface area is 132 Å². The van der Waals surface area contributed by atoms with Crippen molar-refractivity contribution in [2.45, 2.75) is 25.9 Å². The van der Waals surface area contributed by atoms with E-state index < -0.39 is 29.3 Å². The highest BCUT2D eigenvalue weighted by Gasteiger charge is 2.42. The maximum atomic E-state index is 12.9. The molecule has 2 unspecified atom stereocenters. The van der Waals surface area contributed by atoms with Gasteiger partial charge in [-0.1, -0.05) is 23.8 Å². The zero-order chi connectivity index (χ0) is 17.2. The molecule has 0 bridgehead atoms. The highest BCUT2D eigenvalue weighted by molar-refractivity contribution is 5.90. The maximum Gasteiger partial charge on any atom is 0.331 e. The van der Waals surface area contributed by atoms with Gasteiger partial charge in [0.2, 0.25) is 0 Å². The summed E-state index contributed by atoms with van der Waals surface area (Å²) >= 11 is 0. The molecular formula is C17H17FO5. The molecule has 0 heterocycles. The van der Waals surface area contributed by atoms with Gasteiger partial charge in [0, 0.05) is 5.57 Å². The Morgan fingerprint density at radius 2 is 1.87 bits per heavy atom. The number of aliphatic hydroxyl groups is 1. The van der Waals surface area contributed by atoms with Crippen molar-refractivity contribution in [1.29, 1.82) is 0 Å². The molecular weight excluding hydrogens is 303 g/mol. The van der Waals surface area contributed by atoms with Crippen LogP contribution in [0.25, 0.3) is 0 Å². The van der Waals surface area contributed by atoms with Gasteiger partial charge in [-0.15, -0.1) is 0 Å². The summed E-state index contributed by atoms with van der Waals surface area (Å²) in [5, 5.41) is 29.1. The van der Waals surface area contributed by atoms with Gasteiger partial charge in [0.1, 0.15) is 5.82 Å². The molecule has 3 N–H and O–H groups in total. The molecule has 1 aromatic carbocycles. The first-order chi connectivity index (χ1) is 10.7. The van der Waals surface area contributed by atoms with Gasteiger partial charge in [-0.05, 0) is 43.5 Å². The molecule has 0 amide bonds. The number of aliphatic hydroxyl groups excluding tert-OH is 1. The summed E-state index contributed by atoms with van der Waals surface area (Å²) in [5.41, 5.74) is -0.633. The molecule has 0 aromatic heterocycles. The Bertz CT molecular complexity index is 689. The van der Waals surface area contributed by atoms with E-state index in [1.165, 1.54) is 36.4 Å². The summed E-state index contributed by atoms with van der Waals surface area (Å²) < 4.78 is 12.9. The van der Waals surface area contributed by atoms with Gasteiger partial charge in [-0.25, -0.2) is 9.18 Å². The zero-order valence-corrected chi connectivity index (χ0v) is 12.5. The van der Waals surface area contributed by atoms with Crippen molar-refractivity contribution in [2.75, 3.05) is 0 Å². The Balaban J connectivity index is 2.32. The number of carboxylic acids is 2. The summed E-state index contributed by atoms with van der Waals surface area (Å²) in [4.78, 5) is 23.0. The van der Waals surface area contributed by atoms with Crippen molar-refractivity contribution in [1.82, 2.24) is 0 Å². The molecule has 1 aromatic rings. The van der Waals surface area contributed by atoms with Crippen LogP contribution in [0.2, 0.25) is 0 Å². The monoisotopic (exact) mass is 320 g/mol. The van der Waals surface area contributed by atoms with Crippen LogP contribution < -0.4 is 0 Å². The molecule has 2 rings (SSSR count). The molecule has 1 aliphatic carbocycles. The number of aliphatic carboxylic acids is 2. The highest BCUT2D eigenvalue weighted by Crippen LogP contribution is 2.41. The third kappa shape index (κ3) is 3.65. The van der Waals surface area contributed by atoms with Crippen LogP contribution in [0.1, 0.15) is 31.4 Å². The van der Waals surface area contributed by atoms with Crippen molar-refractivity contribution in [3.05, 3.63) is 58.9 Å². The second kappa shape index (κ2) is 6.34. The number of allylic oxidation sites excluding steroid dienone is 2. The fraction of sp³-hybridized carbons (Fsp3) is 0.294. The molecule has 0 aliphatic heterocycles. The van der Waals surface area contributed by atoms with Gasteiger partial charge in [0.05, 0.1) is 11.5 Å². The Hall–Kier alpha value is -2.47. The van der Waals surface area contributed by atoms with E-state index in [1.54, 1.807) is 6.92 Å². The number of rotatable bonds is 5. The van der Waals surface area contributed by atoms with Crippen molar-refractivity contribution in [3.8, 4) is 0 Å². The number of hydrogen-bond acceptors (Lipinski definition) is 3. The predicted octanol–water partition coefficient (Wildman–Crippen LogP) is 2.68. The van der Waals surface area contributed by atoms with E-state index >= 15 is 0 Å². The first kappa shape index (κ1) is 16.9. The largest absolute Gasteiger partial charge is 0.481 e. The fourth-order valence-corrected chi connectivity index (χ4v) is 2.84. The third-order valence-electron chi connectivity index (χ3n) is 3.92. The lowest BCUT2D eigenvalue weighted by Crippen LogP contribution is -2.34. The van der Waals surface area contributed by atoms with Crippen molar-refractivity contribution < 1.29 is 29.3 Å². The molecule has 0 spiro atoms. The van der Waals surface area contributed by atoms with E-state index in [1.807, 2.05) is 0 Å². The number of carbonyl (C=O) groups is 2. The standard InChI is InChI=1S/C17H17FO5/c1-10-6-12(15(20)21)8-17(7-10,16(22)23)9-14(19)11-2-4-13(18)5-3-11/h2-7,14,19H,8-9H2,1H3,(H,20,21)(H,22,23). The van der Waals surface area contributed by atoms with Gasteiger partial charge < -0.3 is 15.3 Å². The lowest BCUT2D eigenvalue weighted by molar-refractivity contribution is -0.148. The molecule has 23 heavy (non-hydrogen) atoms. The molecule has 0 radical (unpaired) electrons. The number of hydrogen-bond donors (Lipinski definition) is 3. The smallest absolute Gasteiger partial charge is 0.331 e. The van der Waals surface area contributed by atoms with E-state index in [4.69, 9.17) is 5.11 Å². The van der Waals surface area contributed by atoms with Crippen molar-refractivity contribution in [2.24, 2.45) is 5.41 Å². The van der Waals surface area contributed by atoms with Gasteiger partial charge >= 0.3 is 11.9 Å². The Morgan fingerprint density at radius 3 is 2.39 bits per heavy atom. The molecule has 5 nitrogen and oxygen atoms in total. The number of benzene rings is 1. The molecule has 0 saturated carbocycles. The van der Waals surface area contributed by atoms with Crippen LogP contribution in [-0.4, -0.2) is 27.3 Å². The number of carboxylic acid groups (broad SMARTS) is 2. The summed E-state index contributed by atoms with van der Waals surface area (Å²) in [6.07, 6.45) is 1.33. The van der Waals surface area contributed by atoms with Crippen LogP contribution in [0.5, 0.6) is 0 Å². The van der Waals surface area contributed by atoms with E-state index in [9.17, 15) is 24.2 Å². The third-order valence-corrected chi connectivity index (χ3v) is 3.92. The van der Waals surface area contributed by atoms with Gasteiger partial charge in [0.25, 0.3) is 0 Å². The van der Waals surface area contributed by atoms with Crippen LogP contribution in [0, 0.1) is 11.2 Å². The molecule has 0 fully saturated rings. The zero-order valence-electron chi connectivity index (χ0n) is 12.5. The summed E-state index contributed by atoms with van der Waals surface area (Å²) in [6, 6.07) is 5.11. The van der Waals surface area contributed by atoms with Crippen LogP contribution in [-0.2, 0) is 9.59 Å². The second-order valence-electron chi connectivity index (χ2n) is 5.77. The molecule has 2 atom stereocenters. The average molecular weight is 320 g/mol. The first-order valence-corrected chi connectivity index (χ1v) is 7.04. The van der Waals surface area contributed by atoms with Crippen LogP contribution in [0.3, 0.4) is 0 Å². The lowest BCUT2D eigenvalue weighted by Gasteiger charge is -2.32. The minimum atomic E-state index is -1.51. The summed E-state index contributed by atoms with van der Waals surface area (Å²) in [7, 11) is 0. The van der Waals surface area contributed by atoms with E-state index in [-0.39, 0.29) is 18.4 Å². The number of halogens is 1. The van der Waals surface area contributed by atoms with Crippen LogP contribution in [0.4, 0.5) is 4.39 Å². The van der Waals surface area contributed by atoms with E-state index in [0.717, 1.165) is 0 Å². The molecule has 0 saturated heterocycles. The topological polar surface area (TPSA) is 94.8 Å². The second-order valence-corrected chi connectivity index (χ2v) is 5.77. The van der Waals surface area contributed by atoms with Gasteiger partial charge in [0.15, 0.2) is 0 Å². The minimum Gasteiger partial charge on any atom is -0.481 e. The van der Waals surface area contributed by atoms with Crippen molar-refractivity contribution >= 4 is 11.9 Å². The van der Waals surface area contributed by atoms with Crippen molar-refractivity contribution in [3.63, 3.8) is 0 Å². The highest BCUT2D eigenvalue weighted by atomic mass is 19.1. The van der Waals surface area contributed by atoms with Gasteiger partial charge in [-0.2, -0.15) is 0 Å². The van der Waals surface area contributed by atoms with Gasteiger partial charge in [-0.3, -0.25) is 4.79 Å². The Morgan fingerprint density at radius 1 is 1.26 bits per heavy atom. The first-order valence-electron chi connectivity index (χ1n) is 7.04. The van der Waals surface area contributed by atoms with Crippen LogP contribution >= 0.6 is 0 Å². The lowest BCUT2D eigenvalue weighted by atomic mass is 9.72. The SMILES string of the molecule is CC1=CC(CC(O)c2ccc(F)cc2)(C(=O)O)CC(C(=O)O)=C1. The fourth-order valence-electron chi connectivity index (χ4n) is 2.84. The minimum absolute atomic E-state index is 0.0151. The predicted molar refractivity (Wildman–Crippen MR) is 80.1 cm³/mol. The van der Waals surface area contributed by atoms with Crippen LogP contribution in [0.15, 0.2) is 47.6 Å².